The summed E-state index contributed by atoms with van der Waals surface area (Å²) in [6.45, 7) is 7.67. The van der Waals surface area contributed by atoms with E-state index in [1.54, 1.807) is 9.80 Å². The lowest BCUT2D eigenvalue weighted by Gasteiger charge is -2.29. The topological polar surface area (TPSA) is 67.1 Å². The van der Waals surface area contributed by atoms with E-state index in [4.69, 9.17) is 0 Å². The average molecular weight is 447 g/mol. The molecule has 172 valence electrons. The SMILES string of the molecule is O=C(NCCC[NH+]1CC[NH+](CCCNC(=O)c2ccc(F)cc2)CC1)c1ccc(F)cc1. The lowest BCUT2D eigenvalue weighted by Crippen LogP contribution is -3.28. The van der Waals surface area contributed by atoms with Gasteiger partial charge in [-0.2, -0.15) is 0 Å². The number of benzene rings is 2. The first-order chi connectivity index (χ1) is 15.5. The van der Waals surface area contributed by atoms with Gasteiger partial charge in [0.15, 0.2) is 0 Å². The Labute approximate surface area is 187 Å². The second-order valence-corrected chi connectivity index (χ2v) is 8.23. The fourth-order valence-corrected chi connectivity index (χ4v) is 3.94. The highest BCUT2D eigenvalue weighted by atomic mass is 19.1. The van der Waals surface area contributed by atoms with Crippen LogP contribution < -0.4 is 20.4 Å². The second-order valence-electron chi connectivity index (χ2n) is 8.23. The van der Waals surface area contributed by atoms with Crippen molar-refractivity contribution in [3.8, 4) is 0 Å². The molecule has 1 saturated heterocycles. The van der Waals surface area contributed by atoms with Gasteiger partial charge in [-0.1, -0.05) is 0 Å². The summed E-state index contributed by atoms with van der Waals surface area (Å²) in [6.07, 6.45) is 1.82. The van der Waals surface area contributed by atoms with Crippen LogP contribution in [0.25, 0.3) is 0 Å². The summed E-state index contributed by atoms with van der Waals surface area (Å²) in [6, 6.07) is 11.1. The van der Waals surface area contributed by atoms with Crippen LogP contribution in [0.4, 0.5) is 8.78 Å². The van der Waals surface area contributed by atoms with Gasteiger partial charge in [-0.3, -0.25) is 9.59 Å². The molecule has 2 amide bonds. The maximum Gasteiger partial charge on any atom is 0.251 e. The Morgan fingerprint density at radius 3 is 1.34 bits per heavy atom. The van der Waals surface area contributed by atoms with Gasteiger partial charge in [0.25, 0.3) is 11.8 Å². The van der Waals surface area contributed by atoms with Gasteiger partial charge in [0.1, 0.15) is 37.8 Å². The van der Waals surface area contributed by atoms with Gasteiger partial charge in [-0.05, 0) is 48.5 Å². The molecule has 6 nitrogen and oxygen atoms in total. The highest BCUT2D eigenvalue weighted by molar-refractivity contribution is 5.94. The zero-order chi connectivity index (χ0) is 22.8. The molecule has 2 aromatic carbocycles. The maximum atomic E-state index is 12.9. The molecule has 0 aromatic heterocycles. The third-order valence-corrected chi connectivity index (χ3v) is 5.86. The molecule has 0 atom stereocenters. The van der Waals surface area contributed by atoms with Crippen LogP contribution in [-0.2, 0) is 0 Å². The molecule has 0 saturated carbocycles. The number of quaternary nitrogens is 2. The number of halogens is 2. The van der Waals surface area contributed by atoms with E-state index in [9.17, 15) is 18.4 Å². The van der Waals surface area contributed by atoms with E-state index in [1.807, 2.05) is 0 Å². The molecule has 0 radical (unpaired) electrons. The van der Waals surface area contributed by atoms with E-state index < -0.39 is 0 Å². The van der Waals surface area contributed by atoms with Crippen LogP contribution in [0.15, 0.2) is 48.5 Å². The number of nitrogens with one attached hydrogen (secondary N) is 4. The first kappa shape index (κ1) is 23.8. The zero-order valence-electron chi connectivity index (χ0n) is 18.3. The number of rotatable bonds is 10. The van der Waals surface area contributed by atoms with E-state index >= 15 is 0 Å². The molecule has 1 heterocycles. The molecule has 1 aliphatic heterocycles. The molecule has 1 aliphatic rings. The van der Waals surface area contributed by atoms with Crippen molar-refractivity contribution in [2.24, 2.45) is 0 Å². The van der Waals surface area contributed by atoms with Gasteiger partial charge in [-0.25, -0.2) is 8.78 Å². The minimum Gasteiger partial charge on any atom is -0.352 e. The molecule has 0 aliphatic carbocycles. The van der Waals surface area contributed by atoms with E-state index in [2.05, 4.69) is 10.6 Å². The van der Waals surface area contributed by atoms with Crippen molar-refractivity contribution in [1.82, 2.24) is 10.6 Å². The standard InChI is InChI=1S/C24H30F2N4O2/c25-21-7-3-19(4-8-21)23(31)27-11-1-13-29-15-17-30(18-16-29)14-2-12-28-24(32)20-5-9-22(26)10-6-20/h3-10H,1-2,11-18H2,(H,27,31)(H,28,32)/p+2. The average Bonchev–Trinajstić information content (AvgIpc) is 2.81. The minimum absolute atomic E-state index is 0.166. The zero-order valence-corrected chi connectivity index (χ0v) is 18.3. The van der Waals surface area contributed by atoms with Crippen LogP contribution in [0, 0.1) is 11.6 Å². The van der Waals surface area contributed by atoms with E-state index in [1.165, 1.54) is 48.5 Å². The second kappa shape index (κ2) is 12.3. The smallest absolute Gasteiger partial charge is 0.251 e. The molecule has 8 heteroatoms. The molecule has 3 rings (SSSR count). The van der Waals surface area contributed by atoms with Crippen molar-refractivity contribution < 1.29 is 28.2 Å². The first-order valence-corrected chi connectivity index (χ1v) is 11.3. The van der Waals surface area contributed by atoms with E-state index in [-0.39, 0.29) is 23.4 Å². The van der Waals surface area contributed by atoms with Gasteiger partial charge >= 0.3 is 0 Å². The maximum absolute atomic E-state index is 12.9. The number of amides is 2. The van der Waals surface area contributed by atoms with Crippen LogP contribution in [0.5, 0.6) is 0 Å². The summed E-state index contributed by atoms with van der Waals surface area (Å²) in [5.41, 5.74) is 0.953. The van der Waals surface area contributed by atoms with Gasteiger partial charge in [0.2, 0.25) is 0 Å². The van der Waals surface area contributed by atoms with Crippen molar-refractivity contribution in [1.29, 1.82) is 0 Å². The Kier molecular flexibility index (Phi) is 9.13. The predicted molar refractivity (Wildman–Crippen MR) is 118 cm³/mol. The number of piperazine rings is 1. The molecular weight excluding hydrogens is 414 g/mol. The summed E-state index contributed by atoms with van der Waals surface area (Å²) in [4.78, 5) is 27.2. The molecule has 0 bridgehead atoms. The highest BCUT2D eigenvalue weighted by Gasteiger charge is 2.22. The third-order valence-electron chi connectivity index (χ3n) is 5.86. The van der Waals surface area contributed by atoms with Crippen LogP contribution in [0.2, 0.25) is 0 Å². The third kappa shape index (κ3) is 7.69. The summed E-state index contributed by atoms with van der Waals surface area (Å²) in [5.74, 6) is -1.02. The van der Waals surface area contributed by atoms with Crippen LogP contribution in [-0.4, -0.2) is 64.2 Å². The number of carbonyl (C=O) groups is 2. The molecule has 0 unspecified atom stereocenters. The first-order valence-electron chi connectivity index (χ1n) is 11.3. The summed E-state index contributed by atoms with van der Waals surface area (Å²) < 4.78 is 25.8. The van der Waals surface area contributed by atoms with Gasteiger partial charge in [0, 0.05) is 37.1 Å². The van der Waals surface area contributed by atoms with Crippen molar-refractivity contribution >= 4 is 11.8 Å². The predicted octanol–water partition coefficient (Wildman–Crippen LogP) is -0.312. The lowest BCUT2D eigenvalue weighted by molar-refractivity contribution is -1.01. The Bertz CT molecular complexity index is 793. The summed E-state index contributed by atoms with van der Waals surface area (Å²) in [5, 5.41) is 5.78. The highest BCUT2D eigenvalue weighted by Crippen LogP contribution is 2.03. The molecule has 0 spiro atoms. The number of carbonyl (C=O) groups excluding carboxylic acids is 2. The van der Waals surface area contributed by atoms with Crippen molar-refractivity contribution in [2.75, 3.05) is 52.4 Å². The van der Waals surface area contributed by atoms with Gasteiger partial charge < -0.3 is 20.4 Å². The quantitative estimate of drug-likeness (QED) is 0.379. The Morgan fingerprint density at radius 2 is 1.00 bits per heavy atom. The summed E-state index contributed by atoms with van der Waals surface area (Å²) in [7, 11) is 0. The number of hydrogen-bond donors (Lipinski definition) is 4. The minimum atomic E-state index is -0.346. The van der Waals surface area contributed by atoms with Gasteiger partial charge in [-0.15, -0.1) is 0 Å². The van der Waals surface area contributed by atoms with Crippen molar-refractivity contribution in [3.63, 3.8) is 0 Å². The Hall–Kier alpha value is -2.84. The van der Waals surface area contributed by atoms with E-state index in [0.717, 1.165) is 52.1 Å². The van der Waals surface area contributed by atoms with Crippen LogP contribution in [0.3, 0.4) is 0 Å². The molecule has 2 aromatic rings. The molecule has 32 heavy (non-hydrogen) atoms. The largest absolute Gasteiger partial charge is 0.352 e. The van der Waals surface area contributed by atoms with E-state index in [0.29, 0.717) is 24.2 Å². The molecule has 1 fully saturated rings. The van der Waals surface area contributed by atoms with Gasteiger partial charge in [0.05, 0.1) is 13.1 Å². The van der Waals surface area contributed by atoms with Crippen molar-refractivity contribution in [2.45, 2.75) is 12.8 Å². The summed E-state index contributed by atoms with van der Waals surface area (Å²) >= 11 is 0. The normalized spacial score (nSPS) is 18.2. The van der Waals surface area contributed by atoms with Crippen LogP contribution in [0.1, 0.15) is 33.6 Å². The monoisotopic (exact) mass is 446 g/mol. The fourth-order valence-electron chi connectivity index (χ4n) is 3.94. The molecular formula is C24H32F2N4O2+2. The lowest BCUT2D eigenvalue weighted by atomic mass is 10.2. The fraction of sp³-hybridized carbons (Fsp3) is 0.417. The Morgan fingerprint density at radius 1 is 0.656 bits per heavy atom. The number of hydrogen-bond acceptors (Lipinski definition) is 2. The van der Waals surface area contributed by atoms with Crippen LogP contribution >= 0.6 is 0 Å². The molecule has 4 N–H and O–H groups in total. The van der Waals surface area contributed by atoms with Crippen molar-refractivity contribution in [3.05, 3.63) is 71.3 Å². The Balaban J connectivity index is 1.22.